The zero-order valence-electron chi connectivity index (χ0n) is 12.5. The second-order valence-electron chi connectivity index (χ2n) is 6.14. The third-order valence-electron chi connectivity index (χ3n) is 4.88. The molecule has 1 aromatic heterocycles. The highest BCUT2D eigenvalue weighted by atomic mass is 16.3. The first-order valence-corrected chi connectivity index (χ1v) is 8.01. The fourth-order valence-corrected chi connectivity index (χ4v) is 3.81. The second kappa shape index (κ2) is 5.61. The number of fused-ring (bicyclic) bond motifs is 1. The summed E-state index contributed by atoms with van der Waals surface area (Å²) < 4.78 is 5.48. The normalized spacial score (nSPS) is 24.4. The molecule has 2 aromatic rings. The van der Waals surface area contributed by atoms with Crippen molar-refractivity contribution < 1.29 is 9.21 Å². The Balaban J connectivity index is 1.53. The largest absolute Gasteiger partial charge is 0.459 e. The summed E-state index contributed by atoms with van der Waals surface area (Å²) in [7, 11) is 0. The van der Waals surface area contributed by atoms with Gasteiger partial charge in [0.05, 0.1) is 6.26 Å². The van der Waals surface area contributed by atoms with Crippen LogP contribution < -0.4 is 5.32 Å². The van der Waals surface area contributed by atoms with Crippen LogP contribution in [-0.4, -0.2) is 36.0 Å². The average Bonchev–Trinajstić information content (AvgIpc) is 3.26. The summed E-state index contributed by atoms with van der Waals surface area (Å²) in [5.41, 5.74) is 1.87. The summed E-state index contributed by atoms with van der Waals surface area (Å²) in [5, 5.41) is 3.19. The van der Waals surface area contributed by atoms with E-state index in [1.807, 2.05) is 36.4 Å². The highest BCUT2D eigenvalue weighted by Crippen LogP contribution is 2.29. The number of furan rings is 1. The summed E-state index contributed by atoms with van der Waals surface area (Å²) in [6.07, 6.45) is 5.06. The van der Waals surface area contributed by atoms with Crippen molar-refractivity contribution in [2.24, 2.45) is 0 Å². The molecule has 0 unspecified atom stereocenters. The molecule has 4 heteroatoms. The summed E-state index contributed by atoms with van der Waals surface area (Å²) in [4.78, 5) is 15.1. The molecule has 22 heavy (non-hydrogen) atoms. The van der Waals surface area contributed by atoms with E-state index < -0.39 is 0 Å². The van der Waals surface area contributed by atoms with Crippen molar-refractivity contribution in [1.29, 1.82) is 0 Å². The van der Waals surface area contributed by atoms with Crippen LogP contribution in [0.4, 0.5) is 0 Å². The standard InChI is InChI=1S/C18H20N2O2/c21-18(19-15-8-11-20-10-4-7-16(15)20)17-14(9-12-22-17)13-5-2-1-3-6-13/h1-3,5-6,9,12,15-16H,4,7-8,10-11H2,(H,19,21)/t15-,16+/m1/s1. The maximum absolute atomic E-state index is 12.6. The number of nitrogens with zero attached hydrogens (tertiary/aromatic N) is 1. The van der Waals surface area contributed by atoms with Crippen molar-refractivity contribution >= 4 is 5.91 Å². The van der Waals surface area contributed by atoms with Crippen LogP contribution in [0.15, 0.2) is 47.1 Å². The molecule has 1 N–H and O–H groups in total. The van der Waals surface area contributed by atoms with Gasteiger partial charge in [-0.25, -0.2) is 0 Å². The van der Waals surface area contributed by atoms with E-state index in [-0.39, 0.29) is 11.9 Å². The van der Waals surface area contributed by atoms with E-state index in [1.165, 1.54) is 19.4 Å². The molecule has 0 spiro atoms. The van der Waals surface area contributed by atoms with Crippen LogP contribution in [0.5, 0.6) is 0 Å². The lowest BCUT2D eigenvalue weighted by atomic mass is 10.0. The van der Waals surface area contributed by atoms with Crippen LogP contribution in [-0.2, 0) is 0 Å². The molecule has 0 aliphatic carbocycles. The molecule has 0 saturated carbocycles. The van der Waals surface area contributed by atoms with E-state index in [9.17, 15) is 4.79 Å². The predicted octanol–water partition coefficient (Wildman–Crippen LogP) is 2.91. The lowest BCUT2D eigenvalue weighted by Gasteiger charge is -2.21. The molecule has 114 valence electrons. The van der Waals surface area contributed by atoms with Crippen molar-refractivity contribution in [3.05, 3.63) is 48.4 Å². The number of benzene rings is 1. The number of hydrogen-bond donors (Lipinski definition) is 1. The fourth-order valence-electron chi connectivity index (χ4n) is 3.81. The number of rotatable bonds is 3. The topological polar surface area (TPSA) is 45.5 Å². The Morgan fingerprint density at radius 2 is 2.00 bits per heavy atom. The maximum atomic E-state index is 12.6. The summed E-state index contributed by atoms with van der Waals surface area (Å²) in [5.74, 6) is 0.324. The molecular weight excluding hydrogens is 276 g/mol. The van der Waals surface area contributed by atoms with Gasteiger partial charge in [-0.1, -0.05) is 30.3 Å². The Morgan fingerprint density at radius 1 is 1.14 bits per heavy atom. The highest BCUT2D eigenvalue weighted by Gasteiger charge is 2.38. The van der Waals surface area contributed by atoms with Gasteiger partial charge in [-0.3, -0.25) is 9.69 Å². The van der Waals surface area contributed by atoms with Gasteiger partial charge >= 0.3 is 0 Å². The molecule has 3 heterocycles. The van der Waals surface area contributed by atoms with Gasteiger partial charge in [0.25, 0.3) is 5.91 Å². The van der Waals surface area contributed by atoms with E-state index in [1.54, 1.807) is 6.26 Å². The first-order valence-electron chi connectivity index (χ1n) is 8.01. The molecule has 2 aliphatic rings. The first kappa shape index (κ1) is 13.6. The SMILES string of the molecule is O=C(N[C@@H]1CCN2CCC[C@@H]12)c1occc1-c1ccccc1. The van der Waals surface area contributed by atoms with E-state index in [4.69, 9.17) is 4.42 Å². The van der Waals surface area contributed by atoms with Gasteiger partial charge in [0.1, 0.15) is 0 Å². The van der Waals surface area contributed by atoms with Gasteiger partial charge in [-0.05, 0) is 37.4 Å². The molecule has 0 radical (unpaired) electrons. The Labute approximate surface area is 130 Å². The predicted molar refractivity (Wildman–Crippen MR) is 84.6 cm³/mol. The first-order chi connectivity index (χ1) is 10.8. The van der Waals surface area contributed by atoms with Gasteiger partial charge < -0.3 is 9.73 Å². The van der Waals surface area contributed by atoms with Crippen LogP contribution in [0.25, 0.3) is 11.1 Å². The minimum Gasteiger partial charge on any atom is -0.459 e. The van der Waals surface area contributed by atoms with Crippen LogP contribution in [0.2, 0.25) is 0 Å². The van der Waals surface area contributed by atoms with Crippen LogP contribution >= 0.6 is 0 Å². The number of amides is 1. The minimum absolute atomic E-state index is 0.0948. The van der Waals surface area contributed by atoms with Crippen molar-refractivity contribution in [3.63, 3.8) is 0 Å². The monoisotopic (exact) mass is 296 g/mol. The summed E-state index contributed by atoms with van der Waals surface area (Å²) in [6.45, 7) is 2.27. The third-order valence-corrected chi connectivity index (χ3v) is 4.88. The Bertz CT molecular complexity index is 665. The van der Waals surface area contributed by atoms with E-state index in [0.717, 1.165) is 24.1 Å². The Hall–Kier alpha value is -2.07. The Morgan fingerprint density at radius 3 is 2.86 bits per heavy atom. The number of carbonyl (C=O) groups excluding carboxylic acids is 1. The zero-order valence-corrected chi connectivity index (χ0v) is 12.5. The second-order valence-corrected chi connectivity index (χ2v) is 6.14. The van der Waals surface area contributed by atoms with E-state index >= 15 is 0 Å². The molecular formula is C18H20N2O2. The number of nitrogens with one attached hydrogen (secondary N) is 1. The molecule has 0 bridgehead atoms. The molecule has 1 amide bonds. The smallest absolute Gasteiger partial charge is 0.287 e. The van der Waals surface area contributed by atoms with E-state index in [2.05, 4.69) is 10.2 Å². The summed E-state index contributed by atoms with van der Waals surface area (Å²) >= 11 is 0. The van der Waals surface area contributed by atoms with E-state index in [0.29, 0.717) is 11.8 Å². The van der Waals surface area contributed by atoms with Gasteiger partial charge in [-0.15, -0.1) is 0 Å². The minimum atomic E-state index is -0.0948. The Kier molecular flexibility index (Phi) is 3.47. The molecule has 2 atom stereocenters. The zero-order chi connectivity index (χ0) is 14.9. The average molecular weight is 296 g/mol. The van der Waals surface area contributed by atoms with Crippen LogP contribution in [0, 0.1) is 0 Å². The van der Waals surface area contributed by atoms with Crippen LogP contribution in [0.3, 0.4) is 0 Å². The van der Waals surface area contributed by atoms with Gasteiger partial charge in [0.2, 0.25) is 0 Å². The highest BCUT2D eigenvalue weighted by molar-refractivity contribution is 5.98. The fraction of sp³-hybridized carbons (Fsp3) is 0.389. The number of carbonyl (C=O) groups is 1. The van der Waals surface area contributed by atoms with Crippen molar-refractivity contribution in [2.45, 2.75) is 31.3 Å². The quantitative estimate of drug-likeness (QED) is 0.947. The van der Waals surface area contributed by atoms with Crippen molar-refractivity contribution in [2.75, 3.05) is 13.1 Å². The van der Waals surface area contributed by atoms with Gasteiger partial charge in [0, 0.05) is 24.2 Å². The lowest BCUT2D eigenvalue weighted by Crippen LogP contribution is -2.42. The molecule has 2 aliphatic heterocycles. The molecule has 1 aromatic carbocycles. The summed E-state index contributed by atoms with van der Waals surface area (Å²) in [6, 6.07) is 12.5. The van der Waals surface area contributed by atoms with Gasteiger partial charge in [-0.2, -0.15) is 0 Å². The molecule has 2 saturated heterocycles. The van der Waals surface area contributed by atoms with Gasteiger partial charge in [0.15, 0.2) is 5.76 Å². The number of hydrogen-bond acceptors (Lipinski definition) is 3. The van der Waals surface area contributed by atoms with Crippen LogP contribution in [0.1, 0.15) is 29.8 Å². The van der Waals surface area contributed by atoms with Crippen molar-refractivity contribution in [1.82, 2.24) is 10.2 Å². The maximum Gasteiger partial charge on any atom is 0.287 e. The lowest BCUT2D eigenvalue weighted by molar-refractivity contribution is 0.0902. The molecule has 2 fully saturated rings. The molecule has 4 rings (SSSR count). The third kappa shape index (κ3) is 2.33. The van der Waals surface area contributed by atoms with Crippen molar-refractivity contribution in [3.8, 4) is 11.1 Å². The molecule has 4 nitrogen and oxygen atoms in total.